The monoisotopic (exact) mass is 432 g/mol. The van der Waals surface area contributed by atoms with Crippen molar-refractivity contribution in [2.75, 3.05) is 13.2 Å². The van der Waals surface area contributed by atoms with Gasteiger partial charge in [0.25, 0.3) is 5.56 Å². The van der Waals surface area contributed by atoms with Gasteiger partial charge < -0.3 is 19.4 Å². The topological polar surface area (TPSA) is 87.4 Å². The summed E-state index contributed by atoms with van der Waals surface area (Å²) in [6.45, 7) is 4.76. The fourth-order valence-electron chi connectivity index (χ4n) is 4.25. The first kappa shape index (κ1) is 20.1. The van der Waals surface area contributed by atoms with Crippen molar-refractivity contribution in [2.24, 2.45) is 7.05 Å². The fraction of sp³-hybridized carbons (Fsp3) is 0.292. The summed E-state index contributed by atoms with van der Waals surface area (Å²) in [6, 6.07) is 12.5. The van der Waals surface area contributed by atoms with E-state index in [1.54, 1.807) is 24.7 Å². The SMILES string of the molecule is C[C@H](C(=O)N[C@H](C)c1ccc2c(c1)OCCO2)n1c2ccccc2c2cnn(C)c(=O)c21. The Labute approximate surface area is 184 Å². The molecule has 0 fully saturated rings. The smallest absolute Gasteiger partial charge is 0.291 e. The number of nitrogens with one attached hydrogen (secondary N) is 1. The Bertz CT molecular complexity index is 1400. The van der Waals surface area contributed by atoms with Crippen LogP contribution in [0.4, 0.5) is 0 Å². The van der Waals surface area contributed by atoms with E-state index < -0.39 is 6.04 Å². The Morgan fingerprint density at radius 3 is 2.62 bits per heavy atom. The number of amides is 1. The second-order valence-corrected chi connectivity index (χ2v) is 8.03. The predicted octanol–water partition coefficient (Wildman–Crippen LogP) is 3.10. The molecule has 1 aliphatic heterocycles. The molecule has 5 rings (SSSR count). The molecule has 1 N–H and O–H groups in total. The molecule has 0 aliphatic carbocycles. The van der Waals surface area contributed by atoms with E-state index in [1.807, 2.05) is 49.4 Å². The van der Waals surface area contributed by atoms with Gasteiger partial charge in [-0.2, -0.15) is 5.10 Å². The zero-order valence-electron chi connectivity index (χ0n) is 18.2. The van der Waals surface area contributed by atoms with Crippen molar-refractivity contribution in [3.8, 4) is 11.5 Å². The molecule has 4 aromatic rings. The van der Waals surface area contributed by atoms with Gasteiger partial charge in [0.1, 0.15) is 24.8 Å². The van der Waals surface area contributed by atoms with Crippen LogP contribution in [0.25, 0.3) is 21.8 Å². The summed E-state index contributed by atoms with van der Waals surface area (Å²) in [6.07, 6.45) is 1.68. The minimum Gasteiger partial charge on any atom is -0.486 e. The first-order valence-corrected chi connectivity index (χ1v) is 10.6. The summed E-state index contributed by atoms with van der Waals surface area (Å²) in [5.41, 5.74) is 1.97. The molecule has 2 aromatic heterocycles. The lowest BCUT2D eigenvalue weighted by atomic mass is 10.1. The third-order valence-corrected chi connectivity index (χ3v) is 6.00. The summed E-state index contributed by atoms with van der Waals surface area (Å²) in [4.78, 5) is 26.2. The molecule has 0 spiro atoms. The van der Waals surface area contributed by atoms with Crippen LogP contribution < -0.4 is 20.3 Å². The zero-order chi connectivity index (χ0) is 22.4. The minimum absolute atomic E-state index is 0.186. The molecule has 8 nitrogen and oxygen atoms in total. The molecular weight excluding hydrogens is 408 g/mol. The van der Waals surface area contributed by atoms with Crippen LogP contribution in [0, 0.1) is 0 Å². The molecule has 8 heteroatoms. The summed E-state index contributed by atoms with van der Waals surface area (Å²) in [5, 5.41) is 8.87. The van der Waals surface area contributed by atoms with Crippen molar-refractivity contribution in [1.82, 2.24) is 19.7 Å². The van der Waals surface area contributed by atoms with Crippen LogP contribution in [-0.2, 0) is 11.8 Å². The first-order chi connectivity index (χ1) is 15.5. The molecule has 1 amide bonds. The van der Waals surface area contributed by atoms with Crippen LogP contribution in [0.15, 0.2) is 53.5 Å². The summed E-state index contributed by atoms with van der Waals surface area (Å²) in [7, 11) is 1.61. The standard InChI is InChI=1S/C24H24N4O4/c1-14(16-8-9-20-21(12-16)32-11-10-31-20)26-23(29)15(2)28-19-7-5-4-6-17(19)18-13-25-27(3)24(30)22(18)28/h4-9,12-15H,10-11H2,1-3H3,(H,26,29)/t14-,15-/m1/s1. The number of rotatable bonds is 4. The highest BCUT2D eigenvalue weighted by Gasteiger charge is 2.25. The van der Waals surface area contributed by atoms with Crippen molar-refractivity contribution in [2.45, 2.75) is 25.9 Å². The molecule has 1 aliphatic rings. The average Bonchev–Trinajstić information content (AvgIpc) is 3.15. The van der Waals surface area contributed by atoms with Crippen LogP contribution in [0.3, 0.4) is 0 Å². The highest BCUT2D eigenvalue weighted by atomic mass is 16.6. The minimum atomic E-state index is -0.604. The lowest BCUT2D eigenvalue weighted by Crippen LogP contribution is -2.34. The fourth-order valence-corrected chi connectivity index (χ4v) is 4.25. The van der Waals surface area contributed by atoms with Crippen LogP contribution in [0.1, 0.15) is 31.5 Å². The molecule has 2 atom stereocenters. The number of hydrogen-bond donors (Lipinski definition) is 1. The molecule has 0 saturated carbocycles. The molecule has 164 valence electrons. The lowest BCUT2D eigenvalue weighted by molar-refractivity contribution is -0.124. The Kier molecular flexibility index (Phi) is 4.84. The number of para-hydroxylation sites is 1. The van der Waals surface area contributed by atoms with Gasteiger partial charge in [-0.1, -0.05) is 24.3 Å². The maximum atomic E-state index is 13.3. The van der Waals surface area contributed by atoms with Gasteiger partial charge in [-0.15, -0.1) is 0 Å². The van der Waals surface area contributed by atoms with E-state index in [4.69, 9.17) is 9.47 Å². The Morgan fingerprint density at radius 2 is 1.81 bits per heavy atom. The van der Waals surface area contributed by atoms with Gasteiger partial charge in [-0.25, -0.2) is 4.68 Å². The summed E-state index contributed by atoms with van der Waals surface area (Å²) >= 11 is 0. The normalized spacial score (nSPS) is 15.0. The van der Waals surface area contributed by atoms with Crippen LogP contribution in [-0.4, -0.2) is 33.5 Å². The molecular formula is C24H24N4O4. The van der Waals surface area contributed by atoms with Crippen LogP contribution >= 0.6 is 0 Å². The lowest BCUT2D eigenvalue weighted by Gasteiger charge is -2.23. The van der Waals surface area contributed by atoms with Gasteiger partial charge in [-0.05, 0) is 37.6 Å². The molecule has 0 unspecified atom stereocenters. The molecule has 0 saturated heterocycles. The van der Waals surface area contributed by atoms with E-state index in [2.05, 4.69) is 10.4 Å². The van der Waals surface area contributed by atoms with Crippen molar-refractivity contribution in [3.05, 3.63) is 64.6 Å². The third kappa shape index (κ3) is 3.19. The Balaban J connectivity index is 1.50. The van der Waals surface area contributed by atoms with E-state index >= 15 is 0 Å². The average molecular weight is 432 g/mol. The Morgan fingerprint density at radius 1 is 1.06 bits per heavy atom. The van der Waals surface area contributed by atoms with Gasteiger partial charge in [0.2, 0.25) is 5.91 Å². The van der Waals surface area contributed by atoms with Gasteiger partial charge in [0.05, 0.1) is 17.8 Å². The number of aromatic nitrogens is 3. The van der Waals surface area contributed by atoms with Gasteiger partial charge in [0, 0.05) is 17.8 Å². The molecule has 3 heterocycles. The van der Waals surface area contributed by atoms with E-state index in [-0.39, 0.29) is 17.5 Å². The highest BCUT2D eigenvalue weighted by molar-refractivity contribution is 6.08. The number of hydrogen-bond acceptors (Lipinski definition) is 5. The van der Waals surface area contributed by atoms with E-state index in [9.17, 15) is 9.59 Å². The number of fused-ring (bicyclic) bond motifs is 4. The van der Waals surface area contributed by atoms with Gasteiger partial charge in [0.15, 0.2) is 11.5 Å². The molecule has 2 aromatic carbocycles. The zero-order valence-corrected chi connectivity index (χ0v) is 18.2. The molecule has 0 bridgehead atoms. The maximum Gasteiger partial charge on any atom is 0.291 e. The van der Waals surface area contributed by atoms with Gasteiger partial charge in [-0.3, -0.25) is 9.59 Å². The number of ether oxygens (including phenoxy) is 2. The van der Waals surface area contributed by atoms with Crippen molar-refractivity contribution in [1.29, 1.82) is 0 Å². The van der Waals surface area contributed by atoms with Crippen molar-refractivity contribution in [3.63, 3.8) is 0 Å². The highest BCUT2D eigenvalue weighted by Crippen LogP contribution is 2.33. The summed E-state index contributed by atoms with van der Waals surface area (Å²) < 4.78 is 14.3. The van der Waals surface area contributed by atoms with Crippen LogP contribution in [0.2, 0.25) is 0 Å². The molecule has 32 heavy (non-hydrogen) atoms. The van der Waals surface area contributed by atoms with Crippen LogP contribution in [0.5, 0.6) is 11.5 Å². The van der Waals surface area contributed by atoms with Gasteiger partial charge >= 0.3 is 0 Å². The largest absolute Gasteiger partial charge is 0.486 e. The number of aryl methyl sites for hydroxylation is 1. The second kappa shape index (κ2) is 7.71. The number of carbonyl (C=O) groups excluding carboxylic acids is 1. The van der Waals surface area contributed by atoms with Crippen molar-refractivity contribution >= 4 is 27.7 Å². The van der Waals surface area contributed by atoms with E-state index in [1.165, 1.54) is 4.68 Å². The quantitative estimate of drug-likeness (QED) is 0.536. The number of carbonyl (C=O) groups is 1. The number of nitrogens with zero attached hydrogens (tertiary/aromatic N) is 3. The summed E-state index contributed by atoms with van der Waals surface area (Å²) in [5.74, 6) is 1.21. The maximum absolute atomic E-state index is 13.3. The Hall–Kier alpha value is -3.81. The molecule has 0 radical (unpaired) electrons. The first-order valence-electron chi connectivity index (χ1n) is 10.6. The predicted molar refractivity (Wildman–Crippen MR) is 121 cm³/mol. The van der Waals surface area contributed by atoms with Crippen molar-refractivity contribution < 1.29 is 14.3 Å². The number of benzene rings is 2. The van der Waals surface area contributed by atoms with E-state index in [0.29, 0.717) is 30.2 Å². The second-order valence-electron chi connectivity index (χ2n) is 8.03. The third-order valence-electron chi connectivity index (χ3n) is 6.00. The van der Waals surface area contributed by atoms with E-state index in [0.717, 1.165) is 21.9 Å².